The molecule has 0 aliphatic heterocycles. The third-order valence-corrected chi connectivity index (χ3v) is 1.88. The number of nitrogens with one attached hydrogen (secondary N) is 2. The Morgan fingerprint density at radius 1 is 1.50 bits per heavy atom. The average molecular weight is 193 g/mol. The van der Waals surface area contributed by atoms with E-state index in [4.69, 9.17) is 5.11 Å². The first-order valence-corrected chi connectivity index (χ1v) is 4.32. The van der Waals surface area contributed by atoms with Gasteiger partial charge in [-0.05, 0) is 6.92 Å². The van der Waals surface area contributed by atoms with Gasteiger partial charge in [0, 0.05) is 6.04 Å². The van der Waals surface area contributed by atoms with Crippen LogP contribution in [0, 0.1) is 0 Å². The van der Waals surface area contributed by atoms with Gasteiger partial charge in [0.15, 0.2) is 11.5 Å². The largest absolute Gasteiger partial charge is 0.394 e. The Morgan fingerprint density at radius 3 is 3.14 bits per heavy atom. The van der Waals surface area contributed by atoms with Crippen molar-refractivity contribution in [3.8, 4) is 0 Å². The Balaban J connectivity index is 2.36. The van der Waals surface area contributed by atoms with Crippen LogP contribution in [-0.2, 0) is 0 Å². The summed E-state index contributed by atoms with van der Waals surface area (Å²) in [6.07, 6.45) is 3.00. The molecule has 0 aliphatic rings. The molecule has 6 heteroatoms. The molecule has 1 atom stereocenters. The zero-order chi connectivity index (χ0) is 9.97. The first-order valence-electron chi connectivity index (χ1n) is 4.32. The lowest BCUT2D eigenvalue weighted by molar-refractivity contribution is 0.281. The molecule has 0 fully saturated rings. The summed E-state index contributed by atoms with van der Waals surface area (Å²) in [6.45, 7) is 1.92. The maximum absolute atomic E-state index is 8.89. The monoisotopic (exact) mass is 193 g/mol. The molecule has 74 valence electrons. The second-order valence-electron chi connectivity index (χ2n) is 3.05. The molecular weight excluding hydrogens is 182 g/mol. The second-order valence-corrected chi connectivity index (χ2v) is 3.05. The fourth-order valence-corrected chi connectivity index (χ4v) is 1.15. The van der Waals surface area contributed by atoms with Crippen molar-refractivity contribution in [2.24, 2.45) is 0 Å². The number of fused-ring (bicyclic) bond motifs is 1. The normalized spacial score (nSPS) is 13.0. The molecular formula is C8H11N5O. The number of nitrogens with zero attached hydrogens (tertiary/aromatic N) is 3. The van der Waals surface area contributed by atoms with Crippen molar-refractivity contribution in [3.05, 3.63) is 12.7 Å². The number of aromatic nitrogens is 4. The molecule has 6 nitrogen and oxygen atoms in total. The number of aliphatic hydroxyl groups is 1. The van der Waals surface area contributed by atoms with Crippen molar-refractivity contribution >= 4 is 17.0 Å². The van der Waals surface area contributed by atoms with Gasteiger partial charge in [-0.2, -0.15) is 0 Å². The highest BCUT2D eigenvalue weighted by molar-refractivity contribution is 5.81. The van der Waals surface area contributed by atoms with E-state index in [-0.39, 0.29) is 12.6 Å². The third-order valence-electron chi connectivity index (χ3n) is 1.88. The summed E-state index contributed by atoms with van der Waals surface area (Å²) in [4.78, 5) is 15.0. The number of H-pyrrole nitrogens is 1. The van der Waals surface area contributed by atoms with Gasteiger partial charge in [-0.15, -0.1) is 0 Å². The van der Waals surface area contributed by atoms with Crippen LogP contribution < -0.4 is 5.32 Å². The Kier molecular flexibility index (Phi) is 2.28. The minimum absolute atomic E-state index is 0.0450. The summed E-state index contributed by atoms with van der Waals surface area (Å²) < 4.78 is 0. The van der Waals surface area contributed by atoms with E-state index in [1.807, 2.05) is 6.92 Å². The van der Waals surface area contributed by atoms with Gasteiger partial charge in [0.05, 0.1) is 12.9 Å². The number of anilines is 1. The topological polar surface area (TPSA) is 86.7 Å². The summed E-state index contributed by atoms with van der Waals surface area (Å²) in [5.74, 6) is 0.661. The van der Waals surface area contributed by atoms with Crippen LogP contribution >= 0.6 is 0 Å². The smallest absolute Gasteiger partial charge is 0.182 e. The second kappa shape index (κ2) is 3.59. The highest BCUT2D eigenvalue weighted by atomic mass is 16.3. The van der Waals surface area contributed by atoms with E-state index < -0.39 is 0 Å². The van der Waals surface area contributed by atoms with Crippen molar-refractivity contribution in [1.29, 1.82) is 0 Å². The van der Waals surface area contributed by atoms with E-state index in [0.717, 1.165) is 5.52 Å². The van der Waals surface area contributed by atoms with Gasteiger partial charge in [0.1, 0.15) is 11.8 Å². The van der Waals surface area contributed by atoms with Crippen LogP contribution in [0.4, 0.5) is 5.82 Å². The van der Waals surface area contributed by atoms with Crippen LogP contribution in [0.15, 0.2) is 12.7 Å². The molecule has 0 saturated heterocycles. The van der Waals surface area contributed by atoms with E-state index >= 15 is 0 Å². The molecule has 0 aliphatic carbocycles. The molecule has 0 bridgehead atoms. The molecule has 14 heavy (non-hydrogen) atoms. The lowest BCUT2D eigenvalue weighted by atomic mass is 10.3. The minimum atomic E-state index is -0.0450. The molecule has 0 unspecified atom stereocenters. The number of imidazole rings is 1. The van der Waals surface area contributed by atoms with E-state index in [9.17, 15) is 0 Å². The van der Waals surface area contributed by atoms with Crippen LogP contribution in [0.3, 0.4) is 0 Å². The van der Waals surface area contributed by atoms with Gasteiger partial charge in [-0.25, -0.2) is 15.0 Å². The quantitative estimate of drug-likeness (QED) is 0.645. The van der Waals surface area contributed by atoms with Crippen LogP contribution in [0.5, 0.6) is 0 Å². The van der Waals surface area contributed by atoms with E-state index in [0.29, 0.717) is 11.5 Å². The average Bonchev–Trinajstić information content (AvgIpc) is 2.66. The predicted octanol–water partition coefficient (Wildman–Crippen LogP) is 0.146. The molecule has 0 spiro atoms. The maximum Gasteiger partial charge on any atom is 0.182 e. The predicted molar refractivity (Wildman–Crippen MR) is 51.9 cm³/mol. The molecule has 0 radical (unpaired) electrons. The van der Waals surface area contributed by atoms with Crippen molar-refractivity contribution < 1.29 is 5.11 Å². The number of hydrogen-bond donors (Lipinski definition) is 3. The first kappa shape index (κ1) is 8.89. The van der Waals surface area contributed by atoms with Crippen molar-refractivity contribution in [3.63, 3.8) is 0 Å². The zero-order valence-electron chi connectivity index (χ0n) is 7.73. The Bertz CT molecular complexity index is 426. The van der Waals surface area contributed by atoms with Gasteiger partial charge in [-0.1, -0.05) is 0 Å². The standard InChI is InChI=1S/C8H11N5O/c1-5(2-14)13-8-6-7(10-3-9-6)11-4-12-8/h3-5,14H,2H2,1H3,(H2,9,10,11,12,13)/t5-/m1/s1. The van der Waals surface area contributed by atoms with Crippen molar-refractivity contribution in [1.82, 2.24) is 19.9 Å². The SMILES string of the molecule is C[C@H](CO)Nc1ncnc2nc[nH]c12. The van der Waals surface area contributed by atoms with Gasteiger partial charge in [0.2, 0.25) is 0 Å². The molecule has 3 N–H and O–H groups in total. The van der Waals surface area contributed by atoms with E-state index in [1.165, 1.54) is 6.33 Å². The Morgan fingerprint density at radius 2 is 2.36 bits per heavy atom. The van der Waals surface area contributed by atoms with Crippen LogP contribution in [-0.4, -0.2) is 37.7 Å². The number of hydrogen-bond acceptors (Lipinski definition) is 5. The summed E-state index contributed by atoms with van der Waals surface area (Å²) in [5.41, 5.74) is 1.38. The van der Waals surface area contributed by atoms with Crippen LogP contribution in [0.1, 0.15) is 6.92 Å². The van der Waals surface area contributed by atoms with Gasteiger partial charge in [-0.3, -0.25) is 0 Å². The third kappa shape index (κ3) is 1.51. The molecule has 2 aromatic heterocycles. The molecule has 2 heterocycles. The van der Waals surface area contributed by atoms with E-state index in [1.54, 1.807) is 6.33 Å². The summed E-state index contributed by atoms with van der Waals surface area (Å²) in [6, 6.07) is -0.0450. The number of aliphatic hydroxyl groups excluding tert-OH is 1. The molecule has 2 rings (SSSR count). The fraction of sp³-hybridized carbons (Fsp3) is 0.375. The summed E-state index contributed by atoms with van der Waals surface area (Å²) >= 11 is 0. The number of rotatable bonds is 3. The first-order chi connectivity index (χ1) is 6.81. The zero-order valence-corrected chi connectivity index (χ0v) is 7.73. The molecule has 0 amide bonds. The van der Waals surface area contributed by atoms with Gasteiger partial charge in [0.25, 0.3) is 0 Å². The fourth-order valence-electron chi connectivity index (χ4n) is 1.15. The Hall–Kier alpha value is -1.69. The van der Waals surface area contributed by atoms with Gasteiger partial charge < -0.3 is 15.4 Å². The van der Waals surface area contributed by atoms with Crippen LogP contribution in [0.25, 0.3) is 11.2 Å². The Labute approximate surface area is 80.4 Å². The molecule has 0 aromatic carbocycles. The highest BCUT2D eigenvalue weighted by Gasteiger charge is 2.07. The summed E-state index contributed by atoms with van der Waals surface area (Å²) in [7, 11) is 0. The maximum atomic E-state index is 8.89. The summed E-state index contributed by atoms with van der Waals surface area (Å²) in [5, 5.41) is 11.9. The minimum Gasteiger partial charge on any atom is -0.394 e. The number of aromatic amines is 1. The van der Waals surface area contributed by atoms with Crippen molar-refractivity contribution in [2.75, 3.05) is 11.9 Å². The molecule has 2 aromatic rings. The van der Waals surface area contributed by atoms with E-state index in [2.05, 4.69) is 25.3 Å². The molecule has 0 saturated carbocycles. The lowest BCUT2D eigenvalue weighted by Crippen LogP contribution is -2.20. The van der Waals surface area contributed by atoms with Crippen LogP contribution in [0.2, 0.25) is 0 Å². The van der Waals surface area contributed by atoms with Gasteiger partial charge >= 0.3 is 0 Å². The lowest BCUT2D eigenvalue weighted by Gasteiger charge is -2.10. The highest BCUT2D eigenvalue weighted by Crippen LogP contribution is 2.14. The van der Waals surface area contributed by atoms with Crippen molar-refractivity contribution in [2.45, 2.75) is 13.0 Å².